The molecule has 1 aliphatic rings. The van der Waals surface area contributed by atoms with Crippen molar-refractivity contribution in [3.63, 3.8) is 0 Å². The third-order valence-corrected chi connectivity index (χ3v) is 2.05. The molecular formula is C3H6Br2N2. The Hall–Kier alpha value is 0.880. The highest BCUT2D eigenvalue weighted by Gasteiger charge is 2.13. The molecule has 0 amide bonds. The molecule has 0 radical (unpaired) electrons. The van der Waals surface area contributed by atoms with Crippen LogP contribution in [-0.2, 0) is 0 Å². The van der Waals surface area contributed by atoms with E-state index < -0.39 is 0 Å². The molecule has 0 unspecified atom stereocenters. The van der Waals surface area contributed by atoms with Crippen molar-refractivity contribution in [3.8, 4) is 0 Å². The van der Waals surface area contributed by atoms with Crippen molar-refractivity contribution >= 4 is 32.3 Å². The summed E-state index contributed by atoms with van der Waals surface area (Å²) in [5, 5.41) is 0. The van der Waals surface area contributed by atoms with Crippen molar-refractivity contribution in [1.82, 2.24) is 7.85 Å². The summed E-state index contributed by atoms with van der Waals surface area (Å²) in [6, 6.07) is 0. The second kappa shape index (κ2) is 2.44. The average molecular weight is 230 g/mol. The first-order valence-electron chi connectivity index (χ1n) is 2.10. The third-order valence-electron chi connectivity index (χ3n) is 0.892. The van der Waals surface area contributed by atoms with Gasteiger partial charge in [0.25, 0.3) is 0 Å². The van der Waals surface area contributed by atoms with Gasteiger partial charge in [0.2, 0.25) is 0 Å². The van der Waals surface area contributed by atoms with Crippen molar-refractivity contribution in [2.75, 3.05) is 19.8 Å². The van der Waals surface area contributed by atoms with Crippen LogP contribution in [0.3, 0.4) is 0 Å². The molecule has 0 bridgehead atoms. The molecule has 2 nitrogen and oxygen atoms in total. The predicted molar refractivity (Wildman–Crippen MR) is 36.1 cm³/mol. The number of rotatable bonds is 0. The van der Waals surface area contributed by atoms with Crippen LogP contribution in [0, 0.1) is 0 Å². The van der Waals surface area contributed by atoms with Crippen LogP contribution < -0.4 is 0 Å². The van der Waals surface area contributed by atoms with Crippen LogP contribution in [-0.4, -0.2) is 27.6 Å². The minimum atomic E-state index is 0.972. The Morgan fingerprint density at radius 2 is 1.43 bits per heavy atom. The van der Waals surface area contributed by atoms with Gasteiger partial charge >= 0.3 is 0 Å². The summed E-state index contributed by atoms with van der Waals surface area (Å²) in [5.74, 6) is 0. The predicted octanol–water partition coefficient (Wildman–Crippen LogP) is 1.18. The van der Waals surface area contributed by atoms with Gasteiger partial charge in [-0.1, -0.05) is 0 Å². The van der Waals surface area contributed by atoms with E-state index in [1.807, 2.05) is 0 Å². The first-order valence-corrected chi connectivity index (χ1v) is 3.52. The summed E-state index contributed by atoms with van der Waals surface area (Å²) in [6.45, 7) is 3.18. The van der Waals surface area contributed by atoms with Crippen molar-refractivity contribution in [2.45, 2.75) is 0 Å². The van der Waals surface area contributed by atoms with Crippen LogP contribution in [0.25, 0.3) is 0 Å². The van der Waals surface area contributed by atoms with E-state index >= 15 is 0 Å². The SMILES string of the molecule is BrN1CCN(Br)C1. The topological polar surface area (TPSA) is 6.48 Å². The molecule has 0 aliphatic carbocycles. The van der Waals surface area contributed by atoms with Gasteiger partial charge in [0.1, 0.15) is 0 Å². The highest BCUT2D eigenvalue weighted by Crippen LogP contribution is 2.11. The van der Waals surface area contributed by atoms with Crippen LogP contribution in [0.15, 0.2) is 0 Å². The highest BCUT2D eigenvalue weighted by atomic mass is 79.9. The lowest BCUT2D eigenvalue weighted by atomic mass is 10.7. The van der Waals surface area contributed by atoms with Crippen molar-refractivity contribution in [3.05, 3.63) is 0 Å². The van der Waals surface area contributed by atoms with Crippen LogP contribution >= 0.6 is 32.3 Å². The van der Waals surface area contributed by atoms with E-state index in [2.05, 4.69) is 40.1 Å². The van der Waals surface area contributed by atoms with Gasteiger partial charge in [0.15, 0.2) is 0 Å². The molecule has 1 saturated heterocycles. The summed E-state index contributed by atoms with van der Waals surface area (Å²) in [5.41, 5.74) is 0. The molecule has 0 aromatic rings. The monoisotopic (exact) mass is 228 g/mol. The Kier molecular flexibility index (Phi) is 2.09. The zero-order valence-corrected chi connectivity index (χ0v) is 6.94. The standard InChI is InChI=1S/C3H6Br2N2/c4-6-1-2-7(5)3-6/h1-3H2. The molecule has 7 heavy (non-hydrogen) atoms. The molecular weight excluding hydrogens is 224 g/mol. The molecule has 1 aliphatic heterocycles. The average Bonchev–Trinajstić information content (AvgIpc) is 1.87. The van der Waals surface area contributed by atoms with E-state index in [1.165, 1.54) is 0 Å². The maximum absolute atomic E-state index is 3.34. The molecule has 0 N–H and O–H groups in total. The van der Waals surface area contributed by atoms with Crippen LogP contribution in [0.2, 0.25) is 0 Å². The Balaban J connectivity index is 2.26. The summed E-state index contributed by atoms with van der Waals surface area (Å²) in [7, 11) is 0. The van der Waals surface area contributed by atoms with E-state index in [4.69, 9.17) is 0 Å². The Morgan fingerprint density at radius 3 is 1.57 bits per heavy atom. The fourth-order valence-corrected chi connectivity index (χ4v) is 1.68. The second-order valence-electron chi connectivity index (χ2n) is 1.51. The van der Waals surface area contributed by atoms with Crippen molar-refractivity contribution in [2.24, 2.45) is 0 Å². The van der Waals surface area contributed by atoms with E-state index in [-0.39, 0.29) is 0 Å². The summed E-state index contributed by atoms with van der Waals surface area (Å²) >= 11 is 6.68. The molecule has 0 spiro atoms. The van der Waals surface area contributed by atoms with Gasteiger partial charge in [-0.3, -0.25) is 0 Å². The van der Waals surface area contributed by atoms with Crippen LogP contribution in [0.1, 0.15) is 0 Å². The molecule has 0 aromatic heterocycles. The lowest BCUT2D eigenvalue weighted by molar-refractivity contribution is 0.517. The first-order chi connectivity index (χ1) is 3.29. The third kappa shape index (κ3) is 1.68. The molecule has 4 heteroatoms. The fourth-order valence-electron chi connectivity index (χ4n) is 0.525. The van der Waals surface area contributed by atoms with E-state index in [1.54, 1.807) is 0 Å². The highest BCUT2D eigenvalue weighted by molar-refractivity contribution is 9.08. The fraction of sp³-hybridized carbons (Fsp3) is 1.00. The molecule has 0 saturated carbocycles. The Labute approximate surface area is 60.1 Å². The van der Waals surface area contributed by atoms with Crippen LogP contribution in [0.5, 0.6) is 0 Å². The van der Waals surface area contributed by atoms with Crippen molar-refractivity contribution < 1.29 is 0 Å². The summed E-state index contributed by atoms with van der Waals surface area (Å²) < 4.78 is 4.14. The Bertz CT molecular complexity index is 60.0. The summed E-state index contributed by atoms with van der Waals surface area (Å²) in [4.78, 5) is 0. The molecule has 1 fully saturated rings. The van der Waals surface area contributed by atoms with Gasteiger partial charge in [0, 0.05) is 45.4 Å². The number of halogens is 2. The van der Waals surface area contributed by atoms with Crippen molar-refractivity contribution in [1.29, 1.82) is 0 Å². The van der Waals surface area contributed by atoms with Gasteiger partial charge in [-0.2, -0.15) is 0 Å². The second-order valence-corrected chi connectivity index (χ2v) is 3.52. The smallest absolute Gasteiger partial charge is 0.0712 e. The largest absolute Gasteiger partial charge is 0.226 e. The molecule has 0 aromatic carbocycles. The summed E-state index contributed by atoms with van der Waals surface area (Å²) in [6.07, 6.45) is 0. The van der Waals surface area contributed by atoms with Crippen LogP contribution in [0.4, 0.5) is 0 Å². The van der Waals surface area contributed by atoms with Gasteiger partial charge in [-0.25, -0.2) is 7.85 Å². The minimum absolute atomic E-state index is 0.972. The number of nitrogens with zero attached hydrogens (tertiary/aromatic N) is 2. The van der Waals surface area contributed by atoms with E-state index in [0.717, 1.165) is 19.8 Å². The lowest BCUT2D eigenvalue weighted by Gasteiger charge is -2.01. The van der Waals surface area contributed by atoms with Gasteiger partial charge < -0.3 is 0 Å². The molecule has 42 valence electrons. The normalized spacial score (nSPS) is 26.6. The number of hydrogen-bond acceptors (Lipinski definition) is 2. The maximum Gasteiger partial charge on any atom is 0.0712 e. The van der Waals surface area contributed by atoms with E-state index in [9.17, 15) is 0 Å². The van der Waals surface area contributed by atoms with Gasteiger partial charge in [-0.15, -0.1) is 0 Å². The quantitative estimate of drug-likeness (QED) is 0.576. The molecule has 1 heterocycles. The zero-order chi connectivity index (χ0) is 5.28. The van der Waals surface area contributed by atoms with E-state index in [0.29, 0.717) is 0 Å². The minimum Gasteiger partial charge on any atom is -0.226 e. The van der Waals surface area contributed by atoms with Gasteiger partial charge in [-0.05, 0) is 0 Å². The number of hydrogen-bond donors (Lipinski definition) is 0. The first kappa shape index (κ1) is 6.01. The Morgan fingerprint density at radius 1 is 1.00 bits per heavy atom. The zero-order valence-electron chi connectivity index (χ0n) is 3.77. The molecule has 1 rings (SSSR count). The van der Waals surface area contributed by atoms with Gasteiger partial charge in [0.05, 0.1) is 6.67 Å². The lowest BCUT2D eigenvalue weighted by Crippen LogP contribution is -2.08. The molecule has 0 atom stereocenters. The maximum atomic E-state index is 3.34.